The standard InChI is InChI=1S/C29H32ClNO5/c1-21(32)31-26-27(34-18-23-13-7-3-8-14-23)25(20-33-17-22-11-5-2-6-12-22)36-29(30)28(26)35-19-24-15-9-4-10-16-24/h2-16,25-29H,17-20H2,1H3,(H,31,32)/t25-,26+,27+,28-,29+/m1/s1. The highest BCUT2D eigenvalue weighted by molar-refractivity contribution is 6.20. The highest BCUT2D eigenvalue weighted by Crippen LogP contribution is 2.30. The van der Waals surface area contributed by atoms with Gasteiger partial charge in [0.25, 0.3) is 0 Å². The molecule has 0 aliphatic carbocycles. The maximum absolute atomic E-state index is 12.2. The average Bonchev–Trinajstić information content (AvgIpc) is 2.89. The zero-order valence-corrected chi connectivity index (χ0v) is 21.1. The van der Waals surface area contributed by atoms with Crippen LogP contribution in [0.4, 0.5) is 0 Å². The number of amides is 1. The van der Waals surface area contributed by atoms with Crippen LogP contribution in [0.15, 0.2) is 91.0 Å². The Labute approximate surface area is 217 Å². The van der Waals surface area contributed by atoms with Crippen molar-refractivity contribution in [3.8, 4) is 0 Å². The van der Waals surface area contributed by atoms with Crippen molar-refractivity contribution in [1.82, 2.24) is 5.32 Å². The molecule has 1 saturated heterocycles. The number of nitrogens with one attached hydrogen (secondary N) is 1. The number of halogens is 1. The van der Waals surface area contributed by atoms with E-state index in [4.69, 9.17) is 30.5 Å². The molecule has 0 aromatic heterocycles. The summed E-state index contributed by atoms with van der Waals surface area (Å²) in [5.74, 6) is -0.198. The second-order valence-electron chi connectivity index (χ2n) is 8.78. The van der Waals surface area contributed by atoms with Crippen LogP contribution >= 0.6 is 11.6 Å². The molecule has 3 aromatic rings. The van der Waals surface area contributed by atoms with Gasteiger partial charge in [0.1, 0.15) is 18.3 Å². The second kappa shape index (κ2) is 13.5. The number of rotatable bonds is 11. The van der Waals surface area contributed by atoms with Crippen LogP contribution in [-0.4, -0.2) is 42.4 Å². The molecule has 1 heterocycles. The predicted octanol–water partition coefficient (Wildman–Crippen LogP) is 4.84. The molecule has 0 radical (unpaired) electrons. The van der Waals surface area contributed by atoms with Crippen LogP contribution in [-0.2, 0) is 43.6 Å². The number of carbonyl (C=O) groups excluding carboxylic acids is 1. The summed E-state index contributed by atoms with van der Waals surface area (Å²) in [4.78, 5) is 12.2. The van der Waals surface area contributed by atoms with E-state index in [9.17, 15) is 4.79 Å². The van der Waals surface area contributed by atoms with Crippen molar-refractivity contribution in [2.75, 3.05) is 6.61 Å². The van der Waals surface area contributed by atoms with Crippen LogP contribution in [0.25, 0.3) is 0 Å². The Kier molecular flexibility index (Phi) is 9.90. The predicted molar refractivity (Wildman–Crippen MR) is 138 cm³/mol. The van der Waals surface area contributed by atoms with Gasteiger partial charge in [-0.2, -0.15) is 0 Å². The summed E-state index contributed by atoms with van der Waals surface area (Å²) in [6.07, 6.45) is -1.67. The number of hydrogen-bond donors (Lipinski definition) is 1. The second-order valence-corrected chi connectivity index (χ2v) is 9.21. The normalized spacial score (nSPS) is 23.8. The van der Waals surface area contributed by atoms with Crippen molar-refractivity contribution in [2.45, 2.75) is 56.7 Å². The first-order valence-corrected chi connectivity index (χ1v) is 12.5. The first kappa shape index (κ1) is 26.3. The van der Waals surface area contributed by atoms with E-state index in [1.54, 1.807) is 0 Å². The third kappa shape index (κ3) is 7.63. The fourth-order valence-electron chi connectivity index (χ4n) is 4.23. The summed E-state index contributed by atoms with van der Waals surface area (Å²) in [7, 11) is 0. The highest BCUT2D eigenvalue weighted by Gasteiger charge is 2.47. The van der Waals surface area contributed by atoms with Crippen molar-refractivity contribution < 1.29 is 23.7 Å². The Morgan fingerprint density at radius 3 is 1.75 bits per heavy atom. The third-order valence-corrected chi connectivity index (χ3v) is 6.32. The van der Waals surface area contributed by atoms with Gasteiger partial charge < -0.3 is 24.3 Å². The number of carbonyl (C=O) groups is 1. The molecule has 190 valence electrons. The molecule has 0 saturated carbocycles. The summed E-state index contributed by atoms with van der Waals surface area (Å²) in [5, 5.41) is 3.01. The molecule has 5 atom stereocenters. The van der Waals surface area contributed by atoms with Crippen LogP contribution in [0.2, 0.25) is 0 Å². The smallest absolute Gasteiger partial charge is 0.217 e. The van der Waals surface area contributed by atoms with Gasteiger partial charge in [-0.25, -0.2) is 0 Å². The van der Waals surface area contributed by atoms with Crippen LogP contribution < -0.4 is 5.32 Å². The summed E-state index contributed by atoms with van der Waals surface area (Å²) in [5.41, 5.74) is 2.27. The van der Waals surface area contributed by atoms with E-state index in [2.05, 4.69) is 5.32 Å². The lowest BCUT2D eigenvalue weighted by atomic mass is 9.96. The van der Waals surface area contributed by atoms with E-state index in [1.165, 1.54) is 6.92 Å². The molecule has 1 N–H and O–H groups in total. The Morgan fingerprint density at radius 2 is 1.25 bits per heavy atom. The van der Waals surface area contributed by atoms with Crippen molar-refractivity contribution in [2.24, 2.45) is 0 Å². The largest absolute Gasteiger partial charge is 0.374 e. The summed E-state index contributed by atoms with van der Waals surface area (Å²) >= 11 is 6.69. The molecule has 0 bridgehead atoms. The number of ether oxygens (including phenoxy) is 4. The molecule has 1 aliphatic heterocycles. The topological polar surface area (TPSA) is 66.0 Å². The Hall–Kier alpha value is -2.74. The van der Waals surface area contributed by atoms with Crippen molar-refractivity contribution in [3.05, 3.63) is 108 Å². The Morgan fingerprint density at radius 1 is 0.778 bits per heavy atom. The quantitative estimate of drug-likeness (QED) is 0.375. The van der Waals surface area contributed by atoms with Gasteiger partial charge in [-0.15, -0.1) is 0 Å². The zero-order valence-electron chi connectivity index (χ0n) is 20.3. The van der Waals surface area contributed by atoms with Crippen LogP contribution in [0.5, 0.6) is 0 Å². The number of alkyl halides is 1. The van der Waals surface area contributed by atoms with Crippen LogP contribution in [0.3, 0.4) is 0 Å². The molecule has 3 aromatic carbocycles. The van der Waals surface area contributed by atoms with E-state index in [0.29, 0.717) is 19.8 Å². The van der Waals surface area contributed by atoms with E-state index in [-0.39, 0.29) is 12.5 Å². The van der Waals surface area contributed by atoms with Crippen LogP contribution in [0.1, 0.15) is 23.6 Å². The van der Waals surface area contributed by atoms with Gasteiger partial charge in [-0.1, -0.05) is 103 Å². The van der Waals surface area contributed by atoms with Crippen molar-refractivity contribution >= 4 is 17.5 Å². The molecule has 36 heavy (non-hydrogen) atoms. The molecule has 6 nitrogen and oxygen atoms in total. The lowest BCUT2D eigenvalue weighted by molar-refractivity contribution is -0.209. The first-order valence-electron chi connectivity index (χ1n) is 12.1. The maximum atomic E-state index is 12.2. The lowest BCUT2D eigenvalue weighted by Gasteiger charge is -2.44. The van der Waals surface area contributed by atoms with Gasteiger partial charge in [0.2, 0.25) is 5.91 Å². The molecular formula is C29H32ClNO5. The Bertz CT molecular complexity index is 1050. The Balaban J connectivity index is 1.51. The van der Waals surface area contributed by atoms with E-state index in [1.807, 2.05) is 91.0 Å². The van der Waals surface area contributed by atoms with Crippen molar-refractivity contribution in [3.63, 3.8) is 0 Å². The van der Waals surface area contributed by atoms with E-state index >= 15 is 0 Å². The maximum Gasteiger partial charge on any atom is 0.217 e. The minimum Gasteiger partial charge on any atom is -0.374 e. The molecule has 7 heteroatoms. The summed E-state index contributed by atoms with van der Waals surface area (Å²) in [6, 6.07) is 29.0. The fraction of sp³-hybridized carbons (Fsp3) is 0.345. The number of hydrogen-bond acceptors (Lipinski definition) is 5. The lowest BCUT2D eigenvalue weighted by Crippen LogP contribution is -2.64. The molecule has 0 spiro atoms. The molecular weight excluding hydrogens is 478 g/mol. The average molecular weight is 510 g/mol. The van der Waals surface area contributed by atoms with Gasteiger partial charge >= 0.3 is 0 Å². The summed E-state index contributed by atoms with van der Waals surface area (Å²) in [6.45, 7) is 2.83. The van der Waals surface area contributed by atoms with Crippen LogP contribution in [0, 0.1) is 0 Å². The third-order valence-electron chi connectivity index (χ3n) is 5.97. The minimum atomic E-state index is -0.799. The molecule has 4 rings (SSSR count). The first-order chi connectivity index (χ1) is 17.6. The van der Waals surface area contributed by atoms with Gasteiger partial charge in [0, 0.05) is 6.92 Å². The van der Waals surface area contributed by atoms with Crippen molar-refractivity contribution in [1.29, 1.82) is 0 Å². The van der Waals surface area contributed by atoms with Gasteiger partial charge in [-0.05, 0) is 16.7 Å². The molecule has 0 unspecified atom stereocenters. The summed E-state index contributed by atoms with van der Waals surface area (Å²) < 4.78 is 24.7. The van der Waals surface area contributed by atoms with E-state index < -0.39 is 29.9 Å². The highest BCUT2D eigenvalue weighted by atomic mass is 35.5. The molecule has 1 aliphatic rings. The molecule has 1 amide bonds. The van der Waals surface area contributed by atoms with Gasteiger partial charge in [-0.3, -0.25) is 4.79 Å². The van der Waals surface area contributed by atoms with Gasteiger partial charge in [0.05, 0.1) is 32.5 Å². The van der Waals surface area contributed by atoms with E-state index in [0.717, 1.165) is 16.7 Å². The SMILES string of the molecule is CC(=O)N[C@@H]1[C@@H](OCc2ccccc2)[C@@H](Cl)O[C@H](COCc2ccccc2)[C@@H]1OCc1ccccc1. The minimum absolute atomic E-state index is 0.198. The van der Waals surface area contributed by atoms with Gasteiger partial charge in [0.15, 0.2) is 5.56 Å². The zero-order chi connectivity index (χ0) is 25.2. The molecule has 1 fully saturated rings. The monoisotopic (exact) mass is 509 g/mol. The fourth-order valence-corrected chi connectivity index (χ4v) is 4.59. The number of benzene rings is 3.